The van der Waals surface area contributed by atoms with E-state index in [2.05, 4.69) is 15.9 Å². The molecule has 0 aliphatic rings. The first kappa shape index (κ1) is 13.6. The average Bonchev–Trinajstić information content (AvgIpc) is 2.42. The zero-order chi connectivity index (χ0) is 13.8. The number of carbonyl (C=O) groups is 1. The first-order chi connectivity index (χ1) is 9.11. The second-order valence-corrected chi connectivity index (χ2v) is 4.92. The Balaban J connectivity index is 2.40. The van der Waals surface area contributed by atoms with Crippen LogP contribution in [0.3, 0.4) is 0 Å². The van der Waals surface area contributed by atoms with Crippen molar-refractivity contribution in [2.24, 2.45) is 0 Å². The number of ether oxygens (including phenoxy) is 2. The minimum Gasteiger partial charge on any atom is -0.465 e. The highest BCUT2D eigenvalue weighted by atomic mass is 79.9. The lowest BCUT2D eigenvalue weighted by Gasteiger charge is -2.12. The molecule has 98 valence electrons. The van der Waals surface area contributed by atoms with Crippen molar-refractivity contribution >= 4 is 21.9 Å². The molecule has 3 nitrogen and oxygen atoms in total. The van der Waals surface area contributed by atoms with Crippen LogP contribution in [0, 0.1) is 6.92 Å². The fraction of sp³-hybridized carbons (Fsp3) is 0.133. The van der Waals surface area contributed by atoms with E-state index in [-0.39, 0.29) is 0 Å². The quantitative estimate of drug-likeness (QED) is 0.789. The van der Waals surface area contributed by atoms with Crippen molar-refractivity contribution in [3.8, 4) is 11.5 Å². The molecule has 0 saturated heterocycles. The van der Waals surface area contributed by atoms with Crippen LogP contribution in [0.5, 0.6) is 11.5 Å². The molecule has 0 saturated carbocycles. The Kier molecular flexibility index (Phi) is 4.22. The molecular weight excluding hydrogens is 308 g/mol. The van der Waals surface area contributed by atoms with Crippen LogP contribution in [0.4, 0.5) is 0 Å². The molecule has 2 rings (SSSR count). The molecular formula is C15H13BrO3. The minimum absolute atomic E-state index is 0.389. The zero-order valence-electron chi connectivity index (χ0n) is 10.6. The van der Waals surface area contributed by atoms with Crippen LogP contribution in [-0.2, 0) is 4.74 Å². The third kappa shape index (κ3) is 3.15. The van der Waals surface area contributed by atoms with Gasteiger partial charge in [0.15, 0.2) is 0 Å². The number of aryl methyl sites for hydroxylation is 1. The Morgan fingerprint density at radius 3 is 2.53 bits per heavy atom. The van der Waals surface area contributed by atoms with Gasteiger partial charge in [0.2, 0.25) is 0 Å². The molecule has 0 heterocycles. The summed E-state index contributed by atoms with van der Waals surface area (Å²) in [4.78, 5) is 11.7. The summed E-state index contributed by atoms with van der Waals surface area (Å²) in [6.07, 6.45) is 0. The van der Waals surface area contributed by atoms with E-state index < -0.39 is 5.97 Å². The molecule has 4 heteroatoms. The first-order valence-electron chi connectivity index (χ1n) is 5.73. The van der Waals surface area contributed by atoms with E-state index >= 15 is 0 Å². The Labute approximate surface area is 120 Å². The molecule has 0 aliphatic carbocycles. The molecule has 0 unspecified atom stereocenters. The van der Waals surface area contributed by atoms with Crippen LogP contribution in [0.25, 0.3) is 0 Å². The summed E-state index contributed by atoms with van der Waals surface area (Å²) in [5.41, 5.74) is 1.39. The van der Waals surface area contributed by atoms with Gasteiger partial charge in [-0.1, -0.05) is 34.1 Å². The van der Waals surface area contributed by atoms with Crippen LogP contribution < -0.4 is 4.74 Å². The molecule has 0 bridgehead atoms. The van der Waals surface area contributed by atoms with Gasteiger partial charge in [-0.05, 0) is 36.8 Å². The molecule has 0 N–H and O–H groups in total. The van der Waals surface area contributed by atoms with E-state index in [1.54, 1.807) is 12.1 Å². The standard InChI is InChI=1S/C15H13BrO3/c1-10-5-3-4-6-13(10)19-14-8-7-11(16)9-12(14)15(17)18-2/h3-9H,1-2H3. The van der Waals surface area contributed by atoms with E-state index in [1.807, 2.05) is 37.3 Å². The molecule has 0 spiro atoms. The smallest absolute Gasteiger partial charge is 0.341 e. The van der Waals surface area contributed by atoms with Gasteiger partial charge in [-0.3, -0.25) is 0 Å². The number of carbonyl (C=O) groups excluding carboxylic acids is 1. The highest BCUT2D eigenvalue weighted by Gasteiger charge is 2.14. The van der Waals surface area contributed by atoms with Gasteiger partial charge in [-0.2, -0.15) is 0 Å². The van der Waals surface area contributed by atoms with E-state index in [0.29, 0.717) is 11.3 Å². The minimum atomic E-state index is -0.426. The summed E-state index contributed by atoms with van der Waals surface area (Å²) in [7, 11) is 1.35. The van der Waals surface area contributed by atoms with Gasteiger partial charge < -0.3 is 9.47 Å². The predicted molar refractivity (Wildman–Crippen MR) is 76.7 cm³/mol. The maximum absolute atomic E-state index is 11.7. The van der Waals surface area contributed by atoms with Crippen LogP contribution in [0.2, 0.25) is 0 Å². The van der Waals surface area contributed by atoms with E-state index in [9.17, 15) is 4.79 Å². The summed E-state index contributed by atoms with van der Waals surface area (Å²) < 4.78 is 11.4. The topological polar surface area (TPSA) is 35.5 Å². The second kappa shape index (κ2) is 5.89. The van der Waals surface area contributed by atoms with Gasteiger partial charge in [-0.15, -0.1) is 0 Å². The number of rotatable bonds is 3. The van der Waals surface area contributed by atoms with Crippen LogP contribution in [0.15, 0.2) is 46.9 Å². The molecule has 0 radical (unpaired) electrons. The Morgan fingerprint density at radius 1 is 1.11 bits per heavy atom. The fourth-order valence-electron chi connectivity index (χ4n) is 1.65. The third-order valence-corrected chi connectivity index (χ3v) is 3.15. The molecule has 0 atom stereocenters. The maximum atomic E-state index is 11.7. The van der Waals surface area contributed by atoms with Crippen molar-refractivity contribution in [2.45, 2.75) is 6.92 Å². The Bertz CT molecular complexity index is 608. The van der Waals surface area contributed by atoms with E-state index in [0.717, 1.165) is 15.8 Å². The van der Waals surface area contributed by atoms with Crippen molar-refractivity contribution in [1.82, 2.24) is 0 Å². The number of hydrogen-bond donors (Lipinski definition) is 0. The van der Waals surface area contributed by atoms with Crippen molar-refractivity contribution in [2.75, 3.05) is 7.11 Å². The molecule has 19 heavy (non-hydrogen) atoms. The predicted octanol–water partition coefficient (Wildman–Crippen LogP) is 4.34. The number of para-hydroxylation sites is 1. The lowest BCUT2D eigenvalue weighted by molar-refractivity contribution is 0.0598. The van der Waals surface area contributed by atoms with Gasteiger partial charge in [-0.25, -0.2) is 4.79 Å². The summed E-state index contributed by atoms with van der Waals surface area (Å²) in [5, 5.41) is 0. The number of methoxy groups -OCH3 is 1. The second-order valence-electron chi connectivity index (χ2n) is 4.00. The van der Waals surface area contributed by atoms with Crippen LogP contribution in [-0.4, -0.2) is 13.1 Å². The maximum Gasteiger partial charge on any atom is 0.341 e. The monoisotopic (exact) mass is 320 g/mol. The highest BCUT2D eigenvalue weighted by molar-refractivity contribution is 9.10. The summed E-state index contributed by atoms with van der Waals surface area (Å²) in [6.45, 7) is 1.95. The first-order valence-corrected chi connectivity index (χ1v) is 6.52. The lowest BCUT2D eigenvalue weighted by Crippen LogP contribution is -2.04. The van der Waals surface area contributed by atoms with Gasteiger partial charge in [0, 0.05) is 4.47 Å². The van der Waals surface area contributed by atoms with Gasteiger partial charge >= 0.3 is 5.97 Å². The van der Waals surface area contributed by atoms with Crippen molar-refractivity contribution in [3.05, 3.63) is 58.1 Å². The number of halogens is 1. The highest BCUT2D eigenvalue weighted by Crippen LogP contribution is 2.30. The fourth-order valence-corrected chi connectivity index (χ4v) is 2.01. The van der Waals surface area contributed by atoms with E-state index in [4.69, 9.17) is 9.47 Å². The molecule has 0 aliphatic heterocycles. The van der Waals surface area contributed by atoms with Crippen molar-refractivity contribution < 1.29 is 14.3 Å². The van der Waals surface area contributed by atoms with Crippen molar-refractivity contribution in [3.63, 3.8) is 0 Å². The largest absolute Gasteiger partial charge is 0.465 e. The molecule has 0 amide bonds. The van der Waals surface area contributed by atoms with Gasteiger partial charge in [0.25, 0.3) is 0 Å². The number of hydrogen-bond acceptors (Lipinski definition) is 3. The molecule has 0 fully saturated rings. The number of esters is 1. The molecule has 2 aromatic carbocycles. The summed E-state index contributed by atoms with van der Waals surface area (Å²) in [6, 6.07) is 12.9. The normalized spacial score (nSPS) is 10.1. The van der Waals surface area contributed by atoms with Gasteiger partial charge in [0.05, 0.1) is 7.11 Å². The Hall–Kier alpha value is -1.81. The average molecular weight is 321 g/mol. The van der Waals surface area contributed by atoms with E-state index in [1.165, 1.54) is 7.11 Å². The zero-order valence-corrected chi connectivity index (χ0v) is 12.2. The molecule has 2 aromatic rings. The molecule has 0 aromatic heterocycles. The number of benzene rings is 2. The lowest BCUT2D eigenvalue weighted by atomic mass is 10.2. The summed E-state index contributed by atoms with van der Waals surface area (Å²) in [5.74, 6) is 0.768. The SMILES string of the molecule is COC(=O)c1cc(Br)ccc1Oc1ccccc1C. The van der Waals surface area contributed by atoms with Gasteiger partial charge in [0.1, 0.15) is 17.1 Å². The summed E-state index contributed by atoms with van der Waals surface area (Å²) >= 11 is 3.33. The van der Waals surface area contributed by atoms with Crippen LogP contribution >= 0.6 is 15.9 Å². The van der Waals surface area contributed by atoms with Crippen LogP contribution in [0.1, 0.15) is 15.9 Å². The Morgan fingerprint density at radius 2 is 1.84 bits per heavy atom. The third-order valence-electron chi connectivity index (χ3n) is 2.66. The van der Waals surface area contributed by atoms with Crippen molar-refractivity contribution in [1.29, 1.82) is 0 Å².